The highest BCUT2D eigenvalue weighted by atomic mass is 16.3. The van der Waals surface area contributed by atoms with Gasteiger partial charge in [-0.3, -0.25) is 0 Å². The molecule has 0 atom stereocenters. The van der Waals surface area contributed by atoms with Gasteiger partial charge in [0.15, 0.2) is 17.5 Å². The van der Waals surface area contributed by atoms with Crippen molar-refractivity contribution in [2.75, 3.05) is 0 Å². The van der Waals surface area contributed by atoms with Crippen molar-refractivity contribution < 1.29 is 13.3 Å². The maximum atomic E-state index is 6.55. The lowest BCUT2D eigenvalue weighted by Crippen LogP contribution is -2.00. The third kappa shape index (κ3) is 4.26. The van der Waals surface area contributed by atoms with E-state index in [0.29, 0.717) is 17.5 Å². The first-order chi connectivity index (χ1) is 25.3. The van der Waals surface area contributed by atoms with Crippen molar-refractivity contribution in [2.24, 2.45) is 0 Å². The van der Waals surface area contributed by atoms with E-state index in [1.807, 2.05) is 91.0 Å². The molecule has 7 aromatic carbocycles. The van der Waals surface area contributed by atoms with Crippen LogP contribution in [0.15, 0.2) is 165 Å². The summed E-state index contributed by atoms with van der Waals surface area (Å²) in [5, 5.41) is 6.18. The molecule has 0 amide bonds. The largest absolute Gasteiger partial charge is 0.456 e. The summed E-state index contributed by atoms with van der Waals surface area (Å²) in [7, 11) is 0. The van der Waals surface area contributed by atoms with Gasteiger partial charge in [-0.25, -0.2) is 15.0 Å². The summed E-state index contributed by atoms with van der Waals surface area (Å²) in [5.41, 5.74) is 9.41. The topological polar surface area (TPSA) is 78.1 Å². The standard InChI is InChI=1S/C45H25N3O3/c1-2-11-26(12-3-1)43-46-44(48-45(47-43)35-19-9-17-32-30-14-5-7-21-37(30)51-42(32)35)34-18-10-22-38-40(34)33-24-23-27(25-39(33)49-38)28-15-8-16-31-29-13-4-6-20-36(29)50-41(28)31/h1-25H. The fraction of sp³-hybridized carbons (Fsp3) is 0. The molecule has 51 heavy (non-hydrogen) atoms. The molecule has 6 nitrogen and oxygen atoms in total. The highest BCUT2D eigenvalue weighted by Crippen LogP contribution is 2.41. The Bertz CT molecular complexity index is 3150. The molecule has 0 spiro atoms. The van der Waals surface area contributed by atoms with Crippen molar-refractivity contribution in [1.82, 2.24) is 15.0 Å². The molecular formula is C45H25N3O3. The number of aromatic nitrogens is 3. The minimum atomic E-state index is 0.537. The highest BCUT2D eigenvalue weighted by molar-refractivity contribution is 6.14. The van der Waals surface area contributed by atoms with Crippen molar-refractivity contribution in [3.63, 3.8) is 0 Å². The van der Waals surface area contributed by atoms with E-state index >= 15 is 0 Å². The molecule has 0 aliphatic carbocycles. The molecule has 0 radical (unpaired) electrons. The number of benzene rings is 7. The lowest BCUT2D eigenvalue weighted by molar-refractivity contribution is 0.668. The molecule has 0 N–H and O–H groups in total. The van der Waals surface area contributed by atoms with Crippen molar-refractivity contribution in [1.29, 1.82) is 0 Å². The van der Waals surface area contributed by atoms with Gasteiger partial charge in [0, 0.05) is 49.0 Å². The minimum absolute atomic E-state index is 0.537. The first-order valence-corrected chi connectivity index (χ1v) is 16.9. The van der Waals surface area contributed by atoms with Crippen LogP contribution in [0.1, 0.15) is 0 Å². The summed E-state index contributed by atoms with van der Waals surface area (Å²) in [6, 6.07) is 51.0. The van der Waals surface area contributed by atoms with Crippen LogP contribution >= 0.6 is 0 Å². The fourth-order valence-electron chi connectivity index (χ4n) is 7.41. The Morgan fingerprint density at radius 3 is 1.61 bits per heavy atom. The summed E-state index contributed by atoms with van der Waals surface area (Å²) in [4.78, 5) is 15.2. The van der Waals surface area contributed by atoms with Crippen LogP contribution in [0.25, 0.3) is 111 Å². The van der Waals surface area contributed by atoms with Crippen molar-refractivity contribution >= 4 is 65.8 Å². The summed E-state index contributed by atoms with van der Waals surface area (Å²) in [6.07, 6.45) is 0. The van der Waals surface area contributed by atoms with Gasteiger partial charge in [0.1, 0.15) is 33.5 Å². The van der Waals surface area contributed by atoms with Crippen molar-refractivity contribution in [3.8, 4) is 45.3 Å². The zero-order valence-corrected chi connectivity index (χ0v) is 27.0. The average molecular weight is 656 g/mol. The Kier molecular flexibility index (Phi) is 5.86. The van der Waals surface area contributed by atoms with E-state index in [-0.39, 0.29) is 0 Å². The second-order valence-corrected chi connectivity index (χ2v) is 12.7. The molecular weight excluding hydrogens is 631 g/mol. The number of hydrogen-bond acceptors (Lipinski definition) is 6. The molecule has 6 heteroatoms. The lowest BCUT2D eigenvalue weighted by atomic mass is 10.00. The predicted octanol–water partition coefficient (Wildman–Crippen LogP) is 12.2. The minimum Gasteiger partial charge on any atom is -0.456 e. The SMILES string of the molecule is c1ccc(-c2nc(-c3cccc4c3oc3ccccc34)nc(-c3cccc4oc5cc(-c6cccc7c6oc6ccccc67)ccc5c34)n2)cc1. The van der Waals surface area contributed by atoms with E-state index in [1.54, 1.807) is 0 Å². The number of para-hydroxylation sites is 4. The molecule has 0 bridgehead atoms. The fourth-order valence-corrected chi connectivity index (χ4v) is 7.41. The number of hydrogen-bond donors (Lipinski definition) is 0. The molecule has 4 heterocycles. The van der Waals surface area contributed by atoms with Crippen molar-refractivity contribution in [3.05, 3.63) is 152 Å². The zero-order valence-electron chi connectivity index (χ0n) is 27.0. The van der Waals surface area contributed by atoms with Crippen LogP contribution in [0.2, 0.25) is 0 Å². The van der Waals surface area contributed by atoms with Gasteiger partial charge >= 0.3 is 0 Å². The van der Waals surface area contributed by atoms with Crippen molar-refractivity contribution in [2.45, 2.75) is 0 Å². The molecule has 0 saturated carbocycles. The van der Waals surface area contributed by atoms with Gasteiger partial charge in [-0.2, -0.15) is 0 Å². The summed E-state index contributed by atoms with van der Waals surface area (Å²) < 4.78 is 19.3. The van der Waals surface area contributed by atoms with Crippen LogP contribution in [-0.4, -0.2) is 15.0 Å². The van der Waals surface area contributed by atoms with Gasteiger partial charge in [-0.05, 0) is 42.0 Å². The number of nitrogens with zero attached hydrogens (tertiary/aromatic N) is 3. The molecule has 0 fully saturated rings. The second kappa shape index (κ2) is 10.7. The Balaban J connectivity index is 1.12. The first-order valence-electron chi connectivity index (χ1n) is 16.9. The maximum Gasteiger partial charge on any atom is 0.167 e. The third-order valence-electron chi connectivity index (χ3n) is 9.77. The van der Waals surface area contributed by atoms with E-state index in [2.05, 4.69) is 60.7 Å². The molecule has 0 unspecified atom stereocenters. The van der Waals surface area contributed by atoms with Gasteiger partial charge in [0.25, 0.3) is 0 Å². The summed E-state index contributed by atoms with van der Waals surface area (Å²) in [6.45, 7) is 0. The number of fused-ring (bicyclic) bond motifs is 9. The maximum absolute atomic E-state index is 6.55. The normalized spacial score (nSPS) is 11.9. The molecule has 0 aliphatic heterocycles. The van der Waals surface area contributed by atoms with E-state index in [1.165, 1.54) is 0 Å². The van der Waals surface area contributed by atoms with Gasteiger partial charge in [0.2, 0.25) is 0 Å². The third-order valence-corrected chi connectivity index (χ3v) is 9.77. The van der Waals surface area contributed by atoms with Gasteiger partial charge in [0.05, 0.1) is 5.56 Å². The second-order valence-electron chi connectivity index (χ2n) is 12.7. The van der Waals surface area contributed by atoms with Crippen LogP contribution in [0, 0.1) is 0 Å². The van der Waals surface area contributed by atoms with Crippen LogP contribution < -0.4 is 0 Å². The number of rotatable bonds is 4. The average Bonchev–Trinajstić information content (AvgIpc) is 3.89. The quantitative estimate of drug-likeness (QED) is 0.188. The lowest BCUT2D eigenvalue weighted by Gasteiger charge is -2.09. The Morgan fingerprint density at radius 2 is 0.863 bits per heavy atom. The van der Waals surface area contributed by atoms with Crippen LogP contribution in [-0.2, 0) is 0 Å². The summed E-state index contributed by atoms with van der Waals surface area (Å²) in [5.74, 6) is 1.67. The Hall–Kier alpha value is -7.05. The van der Waals surface area contributed by atoms with E-state index in [9.17, 15) is 0 Å². The van der Waals surface area contributed by atoms with E-state index < -0.39 is 0 Å². The molecule has 4 aromatic heterocycles. The molecule has 238 valence electrons. The molecule has 0 aliphatic rings. The Labute approximate surface area is 290 Å². The number of furan rings is 3. The zero-order chi connectivity index (χ0) is 33.5. The van der Waals surface area contributed by atoms with Crippen LogP contribution in [0.5, 0.6) is 0 Å². The van der Waals surface area contributed by atoms with E-state index in [4.69, 9.17) is 28.2 Å². The highest BCUT2D eigenvalue weighted by Gasteiger charge is 2.21. The summed E-state index contributed by atoms with van der Waals surface area (Å²) >= 11 is 0. The van der Waals surface area contributed by atoms with Gasteiger partial charge in [-0.15, -0.1) is 0 Å². The van der Waals surface area contributed by atoms with Crippen LogP contribution in [0.3, 0.4) is 0 Å². The monoisotopic (exact) mass is 655 g/mol. The van der Waals surface area contributed by atoms with Crippen LogP contribution in [0.4, 0.5) is 0 Å². The molecule has 11 aromatic rings. The smallest absolute Gasteiger partial charge is 0.167 e. The van der Waals surface area contributed by atoms with Gasteiger partial charge < -0.3 is 13.3 Å². The Morgan fingerprint density at radius 1 is 0.314 bits per heavy atom. The molecule has 11 rings (SSSR count). The predicted molar refractivity (Wildman–Crippen MR) is 203 cm³/mol. The molecule has 0 saturated heterocycles. The van der Waals surface area contributed by atoms with Gasteiger partial charge in [-0.1, -0.05) is 115 Å². The van der Waals surface area contributed by atoms with E-state index in [0.717, 1.165) is 93.6 Å². The first kappa shape index (κ1) is 27.9.